The number of imidazole rings is 1. The molecule has 3 rings (SSSR count). The van der Waals surface area contributed by atoms with Crippen LogP contribution in [0, 0.1) is 6.57 Å². The molecule has 0 amide bonds. The molecule has 0 bridgehead atoms. The number of unbranched alkanes of at least 4 members (excludes halogenated alkanes) is 25. The molecule has 0 fully saturated rings. The summed E-state index contributed by atoms with van der Waals surface area (Å²) < 4.78 is 32.1. The Morgan fingerprint density at radius 2 is 1.15 bits per heavy atom. The number of esters is 2. The number of hydrogen-bond donors (Lipinski definition) is 1. The van der Waals surface area contributed by atoms with Crippen LogP contribution in [0.25, 0.3) is 26.8 Å². The third kappa shape index (κ3) is 25.7. The third-order valence-corrected chi connectivity index (χ3v) is 13.6. The Kier molecular flexibility index (Phi) is 33.3. The number of ether oxygens (including phenoxy) is 2. The fourth-order valence-electron chi connectivity index (χ4n) is 8.49. The van der Waals surface area contributed by atoms with Gasteiger partial charge in [-0.25, -0.2) is 16.5 Å². The van der Waals surface area contributed by atoms with E-state index in [4.69, 9.17) is 40.3 Å². The second kappa shape index (κ2) is 38.5. The highest BCUT2D eigenvalue weighted by molar-refractivity contribution is 7.41. The molecule has 378 valence electrons. The number of aryl methyl sites for hydroxylation is 1. The van der Waals surface area contributed by atoms with Crippen molar-refractivity contribution in [2.24, 2.45) is 0 Å². The maximum atomic E-state index is 13.2. The first-order valence-corrected chi connectivity index (χ1v) is 27.9. The molecule has 2 heterocycles. The molecular weight excluding hydrogens is 862 g/mol. The average molecular weight is 952 g/mol. The summed E-state index contributed by atoms with van der Waals surface area (Å²) in [7, 11) is -1.94. The summed E-state index contributed by atoms with van der Waals surface area (Å²) >= 11 is 0. The van der Waals surface area contributed by atoms with Gasteiger partial charge in [0.05, 0.1) is 24.2 Å². The fourth-order valence-corrected chi connectivity index (χ4v) is 9.46. The molecule has 1 unspecified atom stereocenters. The molecule has 0 spiro atoms. The molecule has 0 aliphatic heterocycles. The lowest BCUT2D eigenvalue weighted by Crippen LogP contribution is -2.29. The van der Waals surface area contributed by atoms with E-state index in [-0.39, 0.29) is 44.9 Å². The van der Waals surface area contributed by atoms with E-state index in [1.54, 1.807) is 0 Å². The molecule has 0 aliphatic rings. The molecule has 0 saturated heterocycles. The molecule has 13 heteroatoms. The maximum Gasteiger partial charge on any atom is 0.333 e. The van der Waals surface area contributed by atoms with E-state index in [2.05, 4.69) is 35.2 Å². The second-order valence-electron chi connectivity index (χ2n) is 18.3. The zero-order chi connectivity index (χ0) is 48.0. The molecule has 67 heavy (non-hydrogen) atoms. The van der Waals surface area contributed by atoms with E-state index in [1.165, 1.54) is 128 Å². The zero-order valence-corrected chi connectivity index (χ0v) is 43.1. The normalized spacial score (nSPS) is 12.4. The van der Waals surface area contributed by atoms with E-state index in [9.17, 15) is 9.59 Å². The minimum atomic E-state index is -1.94. The molecule has 2 atom stereocenters. The summed E-state index contributed by atoms with van der Waals surface area (Å²) in [5.41, 5.74) is 8.80. The summed E-state index contributed by atoms with van der Waals surface area (Å²) in [6, 6.07) is 7.90. The summed E-state index contributed by atoms with van der Waals surface area (Å²) in [6.45, 7) is 14.7. The van der Waals surface area contributed by atoms with Crippen LogP contribution >= 0.6 is 8.60 Å². The summed E-state index contributed by atoms with van der Waals surface area (Å²) in [6.07, 6.45) is 34.5. The van der Waals surface area contributed by atoms with E-state index in [0.29, 0.717) is 30.7 Å². The molecular formula is C54H90N5O7P. The zero-order valence-electron chi connectivity index (χ0n) is 42.2. The molecule has 12 nitrogen and oxygen atoms in total. The number of anilines is 1. The standard InChI is InChI=1S/C54H90N5O7P/c1-5-8-11-13-15-17-19-21-23-25-27-29-31-38-50(60)62-44-46(66-51(61)39-32-30-28-26-24-22-20-18-16-14-12-9-6-2)45-65-67(63-42-40-56-4)64-43-41-59-49(37-10-7-3)58-52-53(59)47-35-33-34-36-48(47)57-54(52)55/h33-36,46H,5-32,37-45H2,1-3H3,(H2,55,57)/t46-,67?/m1/s1. The van der Waals surface area contributed by atoms with Crippen LogP contribution < -0.4 is 5.73 Å². The van der Waals surface area contributed by atoms with Gasteiger partial charge < -0.3 is 38.2 Å². The van der Waals surface area contributed by atoms with Crippen molar-refractivity contribution < 1.29 is 32.6 Å². The van der Waals surface area contributed by atoms with Crippen LogP contribution in [0.2, 0.25) is 0 Å². The highest BCUT2D eigenvalue weighted by Gasteiger charge is 2.23. The lowest BCUT2D eigenvalue weighted by molar-refractivity contribution is -0.161. The first-order chi connectivity index (χ1) is 32.9. The number of nitrogen functional groups attached to an aromatic ring is 1. The van der Waals surface area contributed by atoms with Crippen molar-refractivity contribution >= 4 is 48.3 Å². The topological polar surface area (TPSA) is 141 Å². The van der Waals surface area contributed by atoms with Crippen LogP contribution in [0.4, 0.5) is 5.82 Å². The number of nitrogens with two attached hydrogens (primary N) is 1. The second-order valence-corrected chi connectivity index (χ2v) is 19.6. The van der Waals surface area contributed by atoms with E-state index in [1.807, 2.05) is 24.3 Å². The summed E-state index contributed by atoms with van der Waals surface area (Å²) in [5, 5.41) is 0.959. The number of hydrogen-bond acceptors (Lipinski definition) is 10. The largest absolute Gasteiger partial charge is 0.462 e. The number of rotatable bonds is 44. The Bertz CT molecular complexity index is 1780. The number of carbonyl (C=O) groups is 2. The Balaban J connectivity index is 1.53. The number of fused-ring (bicyclic) bond motifs is 3. The first kappa shape index (κ1) is 58.0. The molecule has 0 saturated carbocycles. The molecule has 2 N–H and O–H groups in total. The minimum Gasteiger partial charge on any atom is -0.462 e. The van der Waals surface area contributed by atoms with Gasteiger partial charge in [-0.3, -0.25) is 9.59 Å². The van der Waals surface area contributed by atoms with Gasteiger partial charge in [-0.1, -0.05) is 199 Å². The summed E-state index contributed by atoms with van der Waals surface area (Å²) in [5.74, 6) is 0.651. The van der Waals surface area contributed by atoms with Crippen molar-refractivity contribution in [1.82, 2.24) is 14.5 Å². The van der Waals surface area contributed by atoms with Gasteiger partial charge in [-0.05, 0) is 25.3 Å². The third-order valence-electron chi connectivity index (χ3n) is 12.4. The highest BCUT2D eigenvalue weighted by Crippen LogP contribution is 2.40. The molecule has 0 aliphatic carbocycles. The van der Waals surface area contributed by atoms with Crippen LogP contribution in [-0.2, 0) is 45.6 Å². The molecule has 3 aromatic rings. The number of para-hydroxylation sites is 1. The van der Waals surface area contributed by atoms with Crippen molar-refractivity contribution in [2.75, 3.05) is 38.7 Å². The average Bonchev–Trinajstić information content (AvgIpc) is 3.70. The Hall–Kier alpha value is -3.36. The predicted octanol–water partition coefficient (Wildman–Crippen LogP) is 15.1. The van der Waals surface area contributed by atoms with Crippen LogP contribution in [0.1, 0.15) is 219 Å². The van der Waals surface area contributed by atoms with E-state index >= 15 is 0 Å². The van der Waals surface area contributed by atoms with Gasteiger partial charge in [0.25, 0.3) is 0 Å². The van der Waals surface area contributed by atoms with Crippen LogP contribution in [0.5, 0.6) is 0 Å². The highest BCUT2D eigenvalue weighted by atomic mass is 31.2. The summed E-state index contributed by atoms with van der Waals surface area (Å²) in [4.78, 5) is 39.0. The van der Waals surface area contributed by atoms with Gasteiger partial charge in [0, 0.05) is 31.2 Å². The lowest BCUT2D eigenvalue weighted by atomic mass is 10.0. The number of nitrogens with zero attached hydrogens (tertiary/aromatic N) is 4. The van der Waals surface area contributed by atoms with Crippen molar-refractivity contribution in [1.29, 1.82) is 0 Å². The van der Waals surface area contributed by atoms with Crippen molar-refractivity contribution in [3.8, 4) is 0 Å². The number of benzene rings is 1. The lowest BCUT2D eigenvalue weighted by Gasteiger charge is -2.21. The van der Waals surface area contributed by atoms with Crippen molar-refractivity contribution in [3.05, 3.63) is 41.5 Å². The molecule has 0 radical (unpaired) electrons. The van der Waals surface area contributed by atoms with Gasteiger partial charge in [0.15, 0.2) is 11.9 Å². The maximum absolute atomic E-state index is 13.2. The quantitative estimate of drug-likeness (QED) is 0.0252. The number of aromatic nitrogens is 3. The van der Waals surface area contributed by atoms with Crippen LogP contribution in [-0.4, -0.2) is 65.5 Å². The predicted molar refractivity (Wildman–Crippen MR) is 276 cm³/mol. The van der Waals surface area contributed by atoms with Crippen LogP contribution in [0.3, 0.4) is 0 Å². The van der Waals surface area contributed by atoms with Crippen molar-refractivity contribution in [2.45, 2.75) is 232 Å². The number of pyridine rings is 1. The Morgan fingerprint density at radius 1 is 0.642 bits per heavy atom. The van der Waals surface area contributed by atoms with Crippen molar-refractivity contribution in [3.63, 3.8) is 0 Å². The molecule has 2 aromatic heterocycles. The minimum absolute atomic E-state index is 0.0807. The van der Waals surface area contributed by atoms with Gasteiger partial charge in [0.1, 0.15) is 24.6 Å². The fraction of sp³-hybridized carbons (Fsp3) is 0.759. The Labute approximate surface area is 406 Å². The monoisotopic (exact) mass is 952 g/mol. The smallest absolute Gasteiger partial charge is 0.333 e. The molecule has 1 aromatic carbocycles. The number of carbonyl (C=O) groups excluding carboxylic acids is 2. The van der Waals surface area contributed by atoms with Gasteiger partial charge >= 0.3 is 20.5 Å². The first-order valence-electron chi connectivity index (χ1n) is 26.8. The Morgan fingerprint density at radius 3 is 1.70 bits per heavy atom. The van der Waals surface area contributed by atoms with Crippen LogP contribution in [0.15, 0.2) is 24.3 Å². The van der Waals surface area contributed by atoms with E-state index in [0.717, 1.165) is 80.0 Å². The SMILES string of the molecule is [C-]#[N+]CCOP(OCCn1c(CCCC)nc2c(N)nc3ccccc3c21)OC[C@@H](COC(=O)CCCCCCCCCCCCCCC)OC(=O)CCCCCCCCCCCCCCC. The van der Waals surface area contributed by atoms with Gasteiger partial charge in [-0.2, -0.15) is 0 Å². The van der Waals surface area contributed by atoms with Gasteiger partial charge in [0.2, 0.25) is 6.54 Å². The van der Waals surface area contributed by atoms with E-state index < -0.39 is 14.7 Å². The van der Waals surface area contributed by atoms with Gasteiger partial charge in [-0.15, -0.1) is 0 Å².